The second kappa shape index (κ2) is 8.21. The normalized spacial score (nSPS) is 12.5. The molecule has 2 nitrogen and oxygen atoms in total. The molecule has 0 amide bonds. The summed E-state index contributed by atoms with van der Waals surface area (Å²) in [5, 5.41) is 10.4. The van der Waals surface area contributed by atoms with Crippen LogP contribution >= 0.6 is 0 Å². The molecule has 0 saturated heterocycles. The number of hydrogen-bond donors (Lipinski definition) is 1. The summed E-state index contributed by atoms with van der Waals surface area (Å²) in [6, 6.07) is 4.11. The van der Waals surface area contributed by atoms with Crippen molar-refractivity contribution >= 4 is 0 Å². The van der Waals surface area contributed by atoms with E-state index in [1.165, 1.54) is 31.2 Å². The molecule has 19 heavy (non-hydrogen) atoms. The molecule has 1 atom stereocenters. The van der Waals surface area contributed by atoms with E-state index in [9.17, 15) is 5.11 Å². The molecule has 1 aromatic carbocycles. The molecular formula is C17H28O2. The topological polar surface area (TPSA) is 29.5 Å². The second-order valence-corrected chi connectivity index (χ2v) is 5.42. The monoisotopic (exact) mass is 264 g/mol. The average molecular weight is 264 g/mol. The molecule has 1 aromatic rings. The van der Waals surface area contributed by atoms with Crippen LogP contribution in [0.15, 0.2) is 12.1 Å². The Morgan fingerprint density at radius 2 is 1.79 bits per heavy atom. The van der Waals surface area contributed by atoms with Crippen molar-refractivity contribution in [3.05, 3.63) is 28.8 Å². The van der Waals surface area contributed by atoms with E-state index in [-0.39, 0.29) is 0 Å². The molecule has 1 unspecified atom stereocenters. The van der Waals surface area contributed by atoms with E-state index >= 15 is 0 Å². The summed E-state index contributed by atoms with van der Waals surface area (Å²) in [6.07, 6.45) is 6.53. The predicted octanol–water partition coefficient (Wildman–Crippen LogP) is 4.71. The summed E-state index contributed by atoms with van der Waals surface area (Å²) in [5.41, 5.74) is 3.26. The molecule has 0 aliphatic rings. The number of aryl methyl sites for hydroxylation is 2. The van der Waals surface area contributed by atoms with Gasteiger partial charge in [0.2, 0.25) is 0 Å². The fourth-order valence-electron chi connectivity index (χ4n) is 2.62. The summed E-state index contributed by atoms with van der Waals surface area (Å²) in [6.45, 7) is 6.32. The summed E-state index contributed by atoms with van der Waals surface area (Å²) in [5.74, 6) is 0.818. The standard InChI is InChI=1S/C17H28O2/c1-5-6-7-8-9-10-15(18)17-14(3)11-13(2)12-16(17)19-4/h11-12,15,18H,5-10H2,1-4H3. The number of rotatable bonds is 8. The zero-order valence-corrected chi connectivity index (χ0v) is 12.8. The maximum atomic E-state index is 10.4. The fourth-order valence-corrected chi connectivity index (χ4v) is 2.62. The van der Waals surface area contributed by atoms with E-state index in [4.69, 9.17) is 4.74 Å². The van der Waals surface area contributed by atoms with Gasteiger partial charge in [-0.15, -0.1) is 0 Å². The van der Waals surface area contributed by atoms with Crippen LogP contribution in [-0.2, 0) is 0 Å². The van der Waals surface area contributed by atoms with E-state index in [0.29, 0.717) is 0 Å². The van der Waals surface area contributed by atoms with Gasteiger partial charge < -0.3 is 9.84 Å². The molecular weight excluding hydrogens is 236 g/mol. The first-order valence-electron chi connectivity index (χ1n) is 7.43. The van der Waals surface area contributed by atoms with Crippen LogP contribution in [0.3, 0.4) is 0 Å². The molecule has 0 radical (unpaired) electrons. The lowest BCUT2D eigenvalue weighted by molar-refractivity contribution is 0.158. The zero-order valence-electron chi connectivity index (χ0n) is 12.8. The van der Waals surface area contributed by atoms with Crippen molar-refractivity contribution in [2.24, 2.45) is 0 Å². The molecule has 0 spiro atoms. The second-order valence-electron chi connectivity index (χ2n) is 5.42. The van der Waals surface area contributed by atoms with Crippen LogP contribution in [0.5, 0.6) is 5.75 Å². The number of methoxy groups -OCH3 is 1. The number of benzene rings is 1. The Balaban J connectivity index is 2.63. The minimum atomic E-state index is -0.405. The SMILES string of the molecule is CCCCCCCC(O)c1c(C)cc(C)cc1OC. The molecule has 0 aliphatic carbocycles. The average Bonchev–Trinajstić information content (AvgIpc) is 2.37. The highest BCUT2D eigenvalue weighted by atomic mass is 16.5. The Morgan fingerprint density at radius 3 is 2.42 bits per heavy atom. The Kier molecular flexibility index (Phi) is 6.93. The number of ether oxygens (including phenoxy) is 1. The summed E-state index contributed by atoms with van der Waals surface area (Å²) < 4.78 is 5.41. The van der Waals surface area contributed by atoms with Crippen molar-refractivity contribution in [3.63, 3.8) is 0 Å². The first-order valence-corrected chi connectivity index (χ1v) is 7.43. The fraction of sp³-hybridized carbons (Fsp3) is 0.647. The van der Waals surface area contributed by atoms with Crippen molar-refractivity contribution < 1.29 is 9.84 Å². The van der Waals surface area contributed by atoms with Gasteiger partial charge in [-0.1, -0.05) is 45.1 Å². The molecule has 0 saturated carbocycles. The van der Waals surface area contributed by atoms with E-state index in [2.05, 4.69) is 19.9 Å². The van der Waals surface area contributed by atoms with Gasteiger partial charge in [-0.3, -0.25) is 0 Å². The number of unbranched alkanes of at least 4 members (excludes halogenated alkanes) is 4. The van der Waals surface area contributed by atoms with Crippen LogP contribution in [0.25, 0.3) is 0 Å². The third kappa shape index (κ3) is 4.87. The van der Waals surface area contributed by atoms with E-state index in [1.54, 1.807) is 7.11 Å². The first kappa shape index (κ1) is 16.0. The minimum absolute atomic E-state index is 0.405. The lowest BCUT2D eigenvalue weighted by Gasteiger charge is -2.18. The van der Waals surface area contributed by atoms with E-state index < -0.39 is 6.10 Å². The van der Waals surface area contributed by atoms with Crippen LogP contribution in [0, 0.1) is 13.8 Å². The van der Waals surface area contributed by atoms with E-state index in [1.807, 2.05) is 13.0 Å². The molecule has 1 N–H and O–H groups in total. The predicted molar refractivity (Wildman–Crippen MR) is 80.8 cm³/mol. The molecule has 0 aliphatic heterocycles. The molecule has 1 rings (SSSR count). The van der Waals surface area contributed by atoms with Gasteiger partial charge in [0.25, 0.3) is 0 Å². The van der Waals surface area contributed by atoms with Crippen LogP contribution in [0.2, 0.25) is 0 Å². The van der Waals surface area contributed by atoms with Crippen LogP contribution < -0.4 is 4.74 Å². The Labute approximate surface area is 117 Å². The van der Waals surface area contributed by atoms with Gasteiger partial charge >= 0.3 is 0 Å². The molecule has 108 valence electrons. The third-order valence-electron chi connectivity index (χ3n) is 3.63. The lowest BCUT2D eigenvalue weighted by Crippen LogP contribution is -2.04. The van der Waals surface area contributed by atoms with Crippen molar-refractivity contribution in [3.8, 4) is 5.75 Å². The molecule has 0 aromatic heterocycles. The highest BCUT2D eigenvalue weighted by Gasteiger charge is 2.16. The molecule has 0 bridgehead atoms. The minimum Gasteiger partial charge on any atom is -0.496 e. The van der Waals surface area contributed by atoms with Gasteiger partial charge in [0.15, 0.2) is 0 Å². The lowest BCUT2D eigenvalue weighted by atomic mass is 9.96. The van der Waals surface area contributed by atoms with Gasteiger partial charge in [0.05, 0.1) is 13.2 Å². The van der Waals surface area contributed by atoms with Gasteiger partial charge in [0.1, 0.15) is 5.75 Å². The Bertz CT molecular complexity index is 385. The van der Waals surface area contributed by atoms with Crippen molar-refractivity contribution in [1.82, 2.24) is 0 Å². The highest BCUT2D eigenvalue weighted by Crippen LogP contribution is 2.32. The first-order chi connectivity index (χ1) is 9.10. The highest BCUT2D eigenvalue weighted by molar-refractivity contribution is 5.44. The summed E-state index contributed by atoms with van der Waals surface area (Å²) in [4.78, 5) is 0. The maximum absolute atomic E-state index is 10.4. The quantitative estimate of drug-likeness (QED) is 0.689. The smallest absolute Gasteiger partial charge is 0.125 e. The number of hydrogen-bond acceptors (Lipinski definition) is 2. The molecule has 0 heterocycles. The van der Waals surface area contributed by atoms with Crippen LogP contribution in [0.4, 0.5) is 0 Å². The van der Waals surface area contributed by atoms with Crippen molar-refractivity contribution in [2.45, 2.75) is 65.4 Å². The van der Waals surface area contributed by atoms with Crippen LogP contribution in [-0.4, -0.2) is 12.2 Å². The van der Waals surface area contributed by atoms with Crippen molar-refractivity contribution in [2.75, 3.05) is 7.11 Å². The Hall–Kier alpha value is -1.02. The number of aliphatic hydroxyl groups excluding tert-OH is 1. The largest absolute Gasteiger partial charge is 0.496 e. The number of aliphatic hydroxyl groups is 1. The third-order valence-corrected chi connectivity index (χ3v) is 3.63. The van der Waals surface area contributed by atoms with Gasteiger partial charge in [-0.2, -0.15) is 0 Å². The summed E-state index contributed by atoms with van der Waals surface area (Å²) in [7, 11) is 1.67. The van der Waals surface area contributed by atoms with Gasteiger partial charge in [-0.05, 0) is 37.5 Å². The van der Waals surface area contributed by atoms with Gasteiger partial charge in [0, 0.05) is 5.56 Å². The Morgan fingerprint density at radius 1 is 1.11 bits per heavy atom. The summed E-state index contributed by atoms with van der Waals surface area (Å²) >= 11 is 0. The van der Waals surface area contributed by atoms with Gasteiger partial charge in [-0.25, -0.2) is 0 Å². The maximum Gasteiger partial charge on any atom is 0.125 e. The van der Waals surface area contributed by atoms with Crippen molar-refractivity contribution in [1.29, 1.82) is 0 Å². The molecule has 2 heteroatoms. The zero-order chi connectivity index (χ0) is 14.3. The molecule has 0 fully saturated rings. The van der Waals surface area contributed by atoms with Crippen LogP contribution in [0.1, 0.15) is 68.2 Å². The van der Waals surface area contributed by atoms with E-state index in [0.717, 1.165) is 29.7 Å².